The maximum Gasteiger partial charge on any atom is 0.261 e. The Hall–Kier alpha value is -3.08. The lowest BCUT2D eigenvalue weighted by Crippen LogP contribution is -2.21. The molecular formula is C20H17N3O2. The number of aromatic nitrogens is 1. The molecule has 1 fully saturated rings. The third-order valence-corrected chi connectivity index (χ3v) is 5.35. The summed E-state index contributed by atoms with van der Waals surface area (Å²) in [7, 11) is 0. The quantitative estimate of drug-likeness (QED) is 0.675. The van der Waals surface area contributed by atoms with E-state index in [-0.39, 0.29) is 11.0 Å². The average Bonchev–Trinajstić information content (AvgIpc) is 3.32. The molecule has 5 rings (SSSR count). The highest BCUT2D eigenvalue weighted by Gasteiger charge is 2.48. The number of benzene rings is 2. The number of carbonyl (C=O) groups is 1. The lowest BCUT2D eigenvalue weighted by molar-refractivity contribution is 0.102. The maximum atomic E-state index is 12.6. The second-order valence-corrected chi connectivity index (χ2v) is 6.93. The third-order valence-electron chi connectivity index (χ3n) is 5.35. The molecule has 0 saturated heterocycles. The molecule has 3 N–H and O–H groups in total. The van der Waals surface area contributed by atoms with Crippen molar-refractivity contribution in [2.24, 2.45) is 0 Å². The number of pyridine rings is 1. The minimum absolute atomic E-state index is 0.117. The van der Waals surface area contributed by atoms with Crippen molar-refractivity contribution in [1.82, 2.24) is 4.98 Å². The van der Waals surface area contributed by atoms with E-state index in [1.807, 2.05) is 24.3 Å². The highest BCUT2D eigenvalue weighted by molar-refractivity contribution is 6.06. The Morgan fingerprint density at radius 1 is 1.12 bits per heavy atom. The minimum Gasteiger partial charge on any atom is -0.384 e. The van der Waals surface area contributed by atoms with E-state index in [4.69, 9.17) is 0 Å². The van der Waals surface area contributed by atoms with Crippen LogP contribution in [0.5, 0.6) is 0 Å². The number of amides is 1. The second kappa shape index (κ2) is 4.96. The largest absolute Gasteiger partial charge is 0.384 e. The molecule has 0 atom stereocenters. The highest BCUT2D eigenvalue weighted by Crippen LogP contribution is 2.54. The average molecular weight is 331 g/mol. The Kier molecular flexibility index (Phi) is 2.83. The number of hydrogen-bond donors (Lipinski definition) is 3. The van der Waals surface area contributed by atoms with Gasteiger partial charge in [-0.05, 0) is 42.7 Å². The first-order valence-electron chi connectivity index (χ1n) is 8.47. The standard InChI is InChI=1S/C20H17N3O2/c24-18-13-3-1-2-4-16(13)21-10-14(18)19(25)23-12-5-6-15-17(9-12)22-11-20(15)7-8-20/h1-6,9-10,22H,7-8,11H2,(H,21,24)(H,23,25). The number of carbonyl (C=O) groups excluding carboxylic acids is 1. The first-order chi connectivity index (χ1) is 12.2. The van der Waals surface area contributed by atoms with Crippen LogP contribution in [0.25, 0.3) is 10.9 Å². The van der Waals surface area contributed by atoms with Gasteiger partial charge in [0.25, 0.3) is 5.91 Å². The third kappa shape index (κ3) is 2.16. The van der Waals surface area contributed by atoms with Gasteiger partial charge in [0.15, 0.2) is 0 Å². The van der Waals surface area contributed by atoms with Crippen LogP contribution in [0.3, 0.4) is 0 Å². The molecule has 1 spiro atoms. The van der Waals surface area contributed by atoms with Crippen molar-refractivity contribution in [2.45, 2.75) is 18.3 Å². The van der Waals surface area contributed by atoms with Gasteiger partial charge in [0, 0.05) is 40.4 Å². The molecule has 1 aliphatic heterocycles. The van der Waals surface area contributed by atoms with Gasteiger partial charge in [0.05, 0.1) is 0 Å². The van der Waals surface area contributed by atoms with Gasteiger partial charge >= 0.3 is 0 Å². The number of aromatic amines is 1. The van der Waals surface area contributed by atoms with Crippen LogP contribution in [0, 0.1) is 0 Å². The zero-order valence-corrected chi connectivity index (χ0v) is 13.6. The van der Waals surface area contributed by atoms with Crippen molar-refractivity contribution >= 4 is 28.2 Å². The predicted molar refractivity (Wildman–Crippen MR) is 98.4 cm³/mol. The summed E-state index contributed by atoms with van der Waals surface area (Å²) in [4.78, 5) is 28.1. The minimum atomic E-state index is -0.397. The molecule has 2 heterocycles. The van der Waals surface area contributed by atoms with Gasteiger partial charge in [-0.3, -0.25) is 9.59 Å². The van der Waals surface area contributed by atoms with Crippen LogP contribution in [0.15, 0.2) is 53.5 Å². The second-order valence-electron chi connectivity index (χ2n) is 6.93. The number of fused-ring (bicyclic) bond motifs is 3. The number of rotatable bonds is 2. The molecule has 124 valence electrons. The Morgan fingerprint density at radius 2 is 1.96 bits per heavy atom. The fraction of sp³-hybridized carbons (Fsp3) is 0.200. The number of para-hydroxylation sites is 1. The normalized spacial score (nSPS) is 16.5. The molecule has 1 saturated carbocycles. The number of H-pyrrole nitrogens is 1. The Labute approximate surface area is 144 Å². The van der Waals surface area contributed by atoms with Crippen LogP contribution in [-0.2, 0) is 5.41 Å². The van der Waals surface area contributed by atoms with Crippen LogP contribution in [0.1, 0.15) is 28.8 Å². The number of hydrogen-bond acceptors (Lipinski definition) is 3. The van der Waals surface area contributed by atoms with E-state index in [0.29, 0.717) is 16.5 Å². The van der Waals surface area contributed by atoms with Crippen LogP contribution >= 0.6 is 0 Å². The van der Waals surface area contributed by atoms with E-state index >= 15 is 0 Å². The van der Waals surface area contributed by atoms with Gasteiger partial charge in [0.1, 0.15) is 5.56 Å². The Bertz CT molecular complexity index is 1080. The number of nitrogens with one attached hydrogen (secondary N) is 3. The van der Waals surface area contributed by atoms with E-state index in [2.05, 4.69) is 21.7 Å². The van der Waals surface area contributed by atoms with Crippen molar-refractivity contribution in [3.05, 3.63) is 70.0 Å². The molecule has 1 amide bonds. The summed E-state index contributed by atoms with van der Waals surface area (Å²) in [6, 6.07) is 13.1. The molecule has 1 aliphatic carbocycles. The van der Waals surface area contributed by atoms with Crippen molar-refractivity contribution in [3.63, 3.8) is 0 Å². The summed E-state index contributed by atoms with van der Waals surface area (Å²) in [6.07, 6.45) is 3.93. The lowest BCUT2D eigenvalue weighted by atomic mass is 9.98. The van der Waals surface area contributed by atoms with Crippen molar-refractivity contribution in [3.8, 4) is 0 Å². The van der Waals surface area contributed by atoms with Crippen LogP contribution in [0.4, 0.5) is 11.4 Å². The van der Waals surface area contributed by atoms with Gasteiger partial charge < -0.3 is 15.6 Å². The topological polar surface area (TPSA) is 74.0 Å². The summed E-state index contributed by atoms with van der Waals surface area (Å²) in [6.45, 7) is 0.976. The van der Waals surface area contributed by atoms with Crippen molar-refractivity contribution in [1.29, 1.82) is 0 Å². The van der Waals surface area contributed by atoms with Gasteiger partial charge in [-0.2, -0.15) is 0 Å². The molecule has 5 heteroatoms. The maximum absolute atomic E-state index is 12.6. The van der Waals surface area contributed by atoms with Crippen LogP contribution in [0.2, 0.25) is 0 Å². The van der Waals surface area contributed by atoms with Gasteiger partial charge in [-0.1, -0.05) is 18.2 Å². The summed E-state index contributed by atoms with van der Waals surface area (Å²) in [5, 5.41) is 6.78. The number of anilines is 2. The fourth-order valence-corrected chi connectivity index (χ4v) is 3.72. The Balaban J connectivity index is 1.46. The van der Waals surface area contributed by atoms with Crippen molar-refractivity contribution < 1.29 is 4.79 Å². The lowest BCUT2D eigenvalue weighted by Gasteiger charge is -2.09. The summed E-state index contributed by atoms with van der Waals surface area (Å²) < 4.78 is 0. The summed E-state index contributed by atoms with van der Waals surface area (Å²) >= 11 is 0. The van der Waals surface area contributed by atoms with Gasteiger partial charge in [-0.25, -0.2) is 0 Å². The molecule has 2 aromatic carbocycles. The molecular weight excluding hydrogens is 314 g/mol. The van der Waals surface area contributed by atoms with Gasteiger partial charge in [0.2, 0.25) is 5.43 Å². The predicted octanol–water partition coefficient (Wildman–Crippen LogP) is 3.24. The SMILES string of the molecule is O=C(Nc1ccc2c(c1)NCC21CC1)c1c[nH]c2ccccc2c1=O. The fourth-order valence-electron chi connectivity index (χ4n) is 3.72. The highest BCUT2D eigenvalue weighted by atomic mass is 16.2. The van der Waals surface area contributed by atoms with E-state index in [9.17, 15) is 9.59 Å². The van der Waals surface area contributed by atoms with E-state index in [1.165, 1.54) is 24.6 Å². The first kappa shape index (κ1) is 14.3. The molecule has 2 aliphatic rings. The van der Waals surface area contributed by atoms with Crippen LogP contribution in [-0.4, -0.2) is 17.4 Å². The monoisotopic (exact) mass is 331 g/mol. The molecule has 25 heavy (non-hydrogen) atoms. The summed E-state index contributed by atoms with van der Waals surface area (Å²) in [5.74, 6) is -0.397. The Morgan fingerprint density at radius 3 is 2.80 bits per heavy atom. The zero-order valence-electron chi connectivity index (χ0n) is 13.6. The molecule has 0 unspecified atom stereocenters. The molecule has 3 aromatic rings. The van der Waals surface area contributed by atoms with E-state index < -0.39 is 5.91 Å². The van der Waals surface area contributed by atoms with E-state index in [0.717, 1.165) is 17.7 Å². The van der Waals surface area contributed by atoms with Crippen molar-refractivity contribution in [2.75, 3.05) is 17.2 Å². The van der Waals surface area contributed by atoms with Crippen LogP contribution < -0.4 is 16.1 Å². The smallest absolute Gasteiger partial charge is 0.261 e. The molecule has 0 radical (unpaired) electrons. The summed E-state index contributed by atoms with van der Waals surface area (Å²) in [5.41, 5.74) is 4.03. The molecule has 5 nitrogen and oxygen atoms in total. The zero-order chi connectivity index (χ0) is 17.0. The van der Waals surface area contributed by atoms with E-state index in [1.54, 1.807) is 12.1 Å². The molecule has 0 bridgehead atoms. The molecule has 1 aromatic heterocycles. The first-order valence-corrected chi connectivity index (χ1v) is 8.47. The van der Waals surface area contributed by atoms with Gasteiger partial charge in [-0.15, -0.1) is 0 Å².